The number of likely N-dealkylation sites (tertiary alicyclic amines) is 1. The van der Waals surface area contributed by atoms with Crippen molar-refractivity contribution in [1.29, 1.82) is 0 Å². The number of rotatable bonds is 6. The first-order valence-electron chi connectivity index (χ1n) is 8.20. The second-order valence-electron chi connectivity index (χ2n) is 6.01. The number of hydrogen-bond donors (Lipinski definition) is 1. The van der Waals surface area contributed by atoms with Crippen LogP contribution in [0.15, 0.2) is 24.3 Å². The van der Waals surface area contributed by atoms with E-state index in [1.54, 1.807) is 17.0 Å². The lowest BCUT2D eigenvalue weighted by Gasteiger charge is -2.26. The van der Waals surface area contributed by atoms with Crippen LogP contribution in [0.2, 0.25) is 0 Å². The number of nitrogens with zero attached hydrogens (tertiary/aromatic N) is 1. The van der Waals surface area contributed by atoms with Crippen molar-refractivity contribution in [2.75, 3.05) is 19.6 Å². The van der Waals surface area contributed by atoms with Gasteiger partial charge in [-0.25, -0.2) is 0 Å². The molecule has 124 valence electrons. The molecule has 0 unspecified atom stereocenters. The predicted octanol–water partition coefficient (Wildman–Crippen LogP) is 2.09. The molecule has 0 aliphatic carbocycles. The van der Waals surface area contributed by atoms with Gasteiger partial charge in [0.15, 0.2) is 5.78 Å². The first-order chi connectivity index (χ1) is 11.1. The van der Waals surface area contributed by atoms with Gasteiger partial charge in [-0.05, 0) is 26.2 Å². The van der Waals surface area contributed by atoms with Gasteiger partial charge in [0.1, 0.15) is 0 Å². The molecular formula is C18H24N2O3. The minimum atomic E-state index is -0.254. The number of carbonyl (C=O) groups excluding carboxylic acids is 3. The third-order valence-corrected chi connectivity index (χ3v) is 4.10. The topological polar surface area (TPSA) is 66.5 Å². The Balaban J connectivity index is 1.69. The fourth-order valence-corrected chi connectivity index (χ4v) is 2.63. The molecule has 0 atom stereocenters. The maximum absolute atomic E-state index is 12.0. The van der Waals surface area contributed by atoms with Crippen LogP contribution in [0.4, 0.5) is 0 Å². The Bertz CT molecular complexity index is 560. The maximum atomic E-state index is 12.0. The predicted molar refractivity (Wildman–Crippen MR) is 88.2 cm³/mol. The average Bonchev–Trinajstić information content (AvgIpc) is 2.59. The van der Waals surface area contributed by atoms with E-state index in [0.29, 0.717) is 5.56 Å². The number of ketones is 1. The van der Waals surface area contributed by atoms with Gasteiger partial charge < -0.3 is 10.2 Å². The van der Waals surface area contributed by atoms with Gasteiger partial charge in [-0.2, -0.15) is 0 Å². The monoisotopic (exact) mass is 316 g/mol. The Morgan fingerprint density at radius 1 is 1.00 bits per heavy atom. The molecule has 5 heteroatoms. The smallest absolute Gasteiger partial charge is 0.241 e. The summed E-state index contributed by atoms with van der Waals surface area (Å²) in [5.74, 6) is -0.346. The summed E-state index contributed by atoms with van der Waals surface area (Å²) in [5, 5.41) is 2.61. The molecule has 1 aromatic carbocycles. The molecule has 23 heavy (non-hydrogen) atoms. The minimum absolute atomic E-state index is 0.0254. The molecule has 2 amide bonds. The third-order valence-electron chi connectivity index (χ3n) is 4.10. The molecule has 1 fully saturated rings. The van der Waals surface area contributed by atoms with Crippen LogP contribution in [0, 0.1) is 6.92 Å². The van der Waals surface area contributed by atoms with Gasteiger partial charge in [0.2, 0.25) is 11.8 Å². The normalized spacial score (nSPS) is 14.4. The van der Waals surface area contributed by atoms with E-state index >= 15 is 0 Å². The molecule has 2 rings (SSSR count). The van der Waals surface area contributed by atoms with Crippen LogP contribution in [-0.4, -0.2) is 42.1 Å². The van der Waals surface area contributed by atoms with E-state index in [9.17, 15) is 14.4 Å². The van der Waals surface area contributed by atoms with Gasteiger partial charge in [-0.3, -0.25) is 14.4 Å². The summed E-state index contributed by atoms with van der Waals surface area (Å²) in [6.45, 7) is 3.54. The Hall–Kier alpha value is -2.17. The summed E-state index contributed by atoms with van der Waals surface area (Å²) in [6.07, 6.45) is 3.50. The molecule has 1 saturated heterocycles. The van der Waals surface area contributed by atoms with Crippen molar-refractivity contribution in [2.24, 2.45) is 0 Å². The second-order valence-corrected chi connectivity index (χ2v) is 6.01. The molecule has 5 nitrogen and oxygen atoms in total. The minimum Gasteiger partial charge on any atom is -0.347 e. The maximum Gasteiger partial charge on any atom is 0.241 e. The molecule has 0 aromatic heterocycles. The fraction of sp³-hybridized carbons (Fsp3) is 0.500. The van der Waals surface area contributed by atoms with Crippen molar-refractivity contribution in [3.05, 3.63) is 35.4 Å². The van der Waals surface area contributed by atoms with Crippen molar-refractivity contribution in [1.82, 2.24) is 10.2 Å². The third kappa shape index (κ3) is 5.51. The molecule has 1 N–H and O–H groups in total. The summed E-state index contributed by atoms with van der Waals surface area (Å²) < 4.78 is 0. The van der Waals surface area contributed by atoms with E-state index in [1.165, 1.54) is 0 Å². The number of amides is 2. The number of Topliss-reactive ketones (excluding diaryl/α,β-unsaturated/α-hetero) is 1. The Kier molecular flexibility index (Phi) is 6.32. The van der Waals surface area contributed by atoms with Gasteiger partial charge in [0.25, 0.3) is 0 Å². The largest absolute Gasteiger partial charge is 0.347 e. The van der Waals surface area contributed by atoms with E-state index in [2.05, 4.69) is 5.32 Å². The van der Waals surface area contributed by atoms with E-state index in [0.717, 1.165) is 37.9 Å². The zero-order valence-electron chi connectivity index (χ0n) is 13.6. The fourth-order valence-electron chi connectivity index (χ4n) is 2.63. The van der Waals surface area contributed by atoms with Crippen LogP contribution in [0.5, 0.6) is 0 Å². The van der Waals surface area contributed by atoms with Gasteiger partial charge in [-0.1, -0.05) is 29.8 Å². The van der Waals surface area contributed by atoms with Crippen LogP contribution in [-0.2, 0) is 9.59 Å². The quantitative estimate of drug-likeness (QED) is 0.817. The van der Waals surface area contributed by atoms with Crippen LogP contribution in [0.1, 0.15) is 48.0 Å². The van der Waals surface area contributed by atoms with Gasteiger partial charge in [-0.15, -0.1) is 0 Å². The first-order valence-corrected chi connectivity index (χ1v) is 8.20. The van der Waals surface area contributed by atoms with Crippen LogP contribution in [0.3, 0.4) is 0 Å². The van der Waals surface area contributed by atoms with E-state index < -0.39 is 0 Å². The first kappa shape index (κ1) is 17.2. The van der Waals surface area contributed by atoms with Crippen LogP contribution in [0.25, 0.3) is 0 Å². The van der Waals surface area contributed by atoms with E-state index in [-0.39, 0.29) is 37.0 Å². The van der Waals surface area contributed by atoms with Gasteiger partial charge in [0.05, 0.1) is 6.54 Å². The van der Waals surface area contributed by atoms with E-state index in [1.807, 2.05) is 19.1 Å². The number of carbonyl (C=O) groups is 3. The highest BCUT2D eigenvalue weighted by Gasteiger charge is 2.17. The molecule has 1 aliphatic rings. The summed E-state index contributed by atoms with van der Waals surface area (Å²) >= 11 is 0. The van der Waals surface area contributed by atoms with Gasteiger partial charge >= 0.3 is 0 Å². The van der Waals surface area contributed by atoms with Crippen molar-refractivity contribution in [3.63, 3.8) is 0 Å². The number of hydrogen-bond acceptors (Lipinski definition) is 3. The average molecular weight is 316 g/mol. The number of benzene rings is 1. The Morgan fingerprint density at radius 3 is 2.30 bits per heavy atom. The lowest BCUT2D eigenvalue weighted by atomic mass is 10.1. The Labute approximate surface area is 137 Å². The summed E-state index contributed by atoms with van der Waals surface area (Å²) in [7, 11) is 0. The molecule has 1 heterocycles. The van der Waals surface area contributed by atoms with Crippen molar-refractivity contribution >= 4 is 17.6 Å². The van der Waals surface area contributed by atoms with Crippen molar-refractivity contribution in [2.45, 2.75) is 39.0 Å². The van der Waals surface area contributed by atoms with Crippen molar-refractivity contribution < 1.29 is 14.4 Å². The van der Waals surface area contributed by atoms with Crippen molar-refractivity contribution in [3.8, 4) is 0 Å². The van der Waals surface area contributed by atoms with Crippen LogP contribution < -0.4 is 5.32 Å². The Morgan fingerprint density at radius 2 is 1.65 bits per heavy atom. The molecule has 1 aliphatic heterocycles. The highest BCUT2D eigenvalue weighted by Crippen LogP contribution is 2.09. The van der Waals surface area contributed by atoms with Crippen LogP contribution >= 0.6 is 0 Å². The zero-order chi connectivity index (χ0) is 16.7. The highest BCUT2D eigenvalue weighted by atomic mass is 16.2. The molecule has 0 spiro atoms. The number of aryl methyl sites for hydroxylation is 1. The number of nitrogens with one attached hydrogen (secondary N) is 1. The molecular weight excluding hydrogens is 292 g/mol. The molecule has 0 bridgehead atoms. The summed E-state index contributed by atoms with van der Waals surface area (Å²) in [5.41, 5.74) is 1.71. The molecule has 1 aromatic rings. The number of piperidine rings is 1. The van der Waals surface area contributed by atoms with E-state index in [4.69, 9.17) is 0 Å². The summed E-state index contributed by atoms with van der Waals surface area (Å²) in [6, 6.07) is 7.31. The molecule has 0 radical (unpaired) electrons. The highest BCUT2D eigenvalue weighted by molar-refractivity contribution is 5.98. The zero-order valence-corrected chi connectivity index (χ0v) is 13.6. The standard InChI is InChI=1S/C18H24N2O3/c1-14-5-7-15(8-6-14)16(21)9-10-17(22)19-13-18(23)20-11-3-2-4-12-20/h5-8H,2-4,9-13H2,1H3,(H,19,22). The lowest BCUT2D eigenvalue weighted by molar-refractivity contribution is -0.133. The molecule has 0 saturated carbocycles. The van der Waals surface area contributed by atoms with Gasteiger partial charge in [0, 0.05) is 31.5 Å². The summed E-state index contributed by atoms with van der Waals surface area (Å²) in [4.78, 5) is 37.5. The second kappa shape index (κ2) is 8.46. The SMILES string of the molecule is Cc1ccc(C(=O)CCC(=O)NCC(=O)N2CCCCC2)cc1. The lowest BCUT2D eigenvalue weighted by Crippen LogP contribution is -2.42.